The molecule has 0 aliphatic rings. The first kappa shape index (κ1) is 16.7. The van der Waals surface area contributed by atoms with E-state index in [2.05, 4.69) is 38.2 Å². The van der Waals surface area contributed by atoms with Crippen molar-refractivity contribution in [1.82, 2.24) is 5.32 Å². The Balaban J connectivity index is 2.59. The van der Waals surface area contributed by atoms with Crippen LogP contribution < -0.4 is 11.1 Å². The average molecular weight is 276 g/mol. The molecule has 0 fully saturated rings. The minimum absolute atomic E-state index is 0.0539. The topological polar surface area (TPSA) is 55.1 Å². The number of rotatable bonds is 6. The van der Waals surface area contributed by atoms with Crippen LogP contribution in [-0.4, -0.2) is 18.0 Å². The van der Waals surface area contributed by atoms with Crippen molar-refractivity contribution in [3.63, 3.8) is 0 Å². The minimum Gasteiger partial charge on any atom is -0.354 e. The Morgan fingerprint density at radius 2 is 1.80 bits per heavy atom. The third-order valence-electron chi connectivity index (χ3n) is 3.79. The van der Waals surface area contributed by atoms with Crippen LogP contribution in [0.1, 0.15) is 48.9 Å². The summed E-state index contributed by atoms with van der Waals surface area (Å²) in [5.74, 6) is -0.0539. The van der Waals surface area contributed by atoms with Gasteiger partial charge >= 0.3 is 0 Å². The van der Waals surface area contributed by atoms with Gasteiger partial charge < -0.3 is 11.1 Å². The highest BCUT2D eigenvalue weighted by Gasteiger charge is 2.26. The van der Waals surface area contributed by atoms with Crippen molar-refractivity contribution in [2.45, 2.75) is 59.4 Å². The third-order valence-corrected chi connectivity index (χ3v) is 3.79. The molecular weight excluding hydrogens is 248 g/mol. The van der Waals surface area contributed by atoms with Crippen molar-refractivity contribution >= 4 is 5.91 Å². The van der Waals surface area contributed by atoms with Gasteiger partial charge in [-0.05, 0) is 57.2 Å². The van der Waals surface area contributed by atoms with E-state index in [4.69, 9.17) is 5.73 Å². The van der Waals surface area contributed by atoms with Crippen molar-refractivity contribution in [1.29, 1.82) is 0 Å². The number of nitrogens with one attached hydrogen (secondary N) is 1. The smallest absolute Gasteiger partial charge is 0.239 e. The molecule has 1 amide bonds. The molecule has 0 aliphatic heterocycles. The normalized spacial score (nSPS) is 13.9. The van der Waals surface area contributed by atoms with E-state index in [1.165, 1.54) is 22.3 Å². The van der Waals surface area contributed by atoms with Gasteiger partial charge in [0, 0.05) is 6.54 Å². The molecule has 0 bridgehead atoms. The molecule has 3 N–H and O–H groups in total. The molecular formula is C17H28N2O. The van der Waals surface area contributed by atoms with E-state index in [0.717, 1.165) is 12.8 Å². The zero-order chi connectivity index (χ0) is 15.3. The molecule has 112 valence electrons. The molecule has 1 atom stereocenters. The minimum atomic E-state index is -0.758. The molecule has 3 nitrogen and oxygen atoms in total. The standard InChI is InChI=1S/C17H28N2O/c1-6-8-17(5,18)16(20)19-9-7-15-13(3)10-12(2)11-14(15)4/h10-11H,6-9,18H2,1-5H3,(H,19,20). The lowest BCUT2D eigenvalue weighted by Crippen LogP contribution is -2.51. The van der Waals surface area contributed by atoms with Gasteiger partial charge in [0.1, 0.15) is 0 Å². The number of benzene rings is 1. The number of aryl methyl sites for hydroxylation is 3. The lowest BCUT2D eigenvalue weighted by Gasteiger charge is -2.23. The summed E-state index contributed by atoms with van der Waals surface area (Å²) >= 11 is 0. The van der Waals surface area contributed by atoms with Gasteiger partial charge in [0.05, 0.1) is 5.54 Å². The Labute approximate surface area is 122 Å². The fourth-order valence-corrected chi connectivity index (χ4v) is 2.74. The van der Waals surface area contributed by atoms with Crippen LogP contribution in [-0.2, 0) is 11.2 Å². The lowest BCUT2D eigenvalue weighted by molar-refractivity contribution is -0.126. The Kier molecular flexibility index (Phi) is 5.75. The van der Waals surface area contributed by atoms with Gasteiger partial charge in [-0.15, -0.1) is 0 Å². The maximum atomic E-state index is 12.0. The predicted octanol–water partition coefficient (Wildman–Crippen LogP) is 2.79. The zero-order valence-electron chi connectivity index (χ0n) is 13.5. The van der Waals surface area contributed by atoms with E-state index >= 15 is 0 Å². The van der Waals surface area contributed by atoms with Crippen LogP contribution in [0.4, 0.5) is 0 Å². The first-order chi connectivity index (χ1) is 9.27. The number of nitrogens with two attached hydrogens (primary N) is 1. The van der Waals surface area contributed by atoms with Gasteiger partial charge in [0.2, 0.25) is 5.91 Å². The third kappa shape index (κ3) is 4.34. The molecule has 0 saturated heterocycles. The van der Waals surface area contributed by atoms with E-state index in [0.29, 0.717) is 13.0 Å². The van der Waals surface area contributed by atoms with Crippen molar-refractivity contribution in [2.24, 2.45) is 5.73 Å². The molecule has 0 aromatic heterocycles. The van der Waals surface area contributed by atoms with Gasteiger partial charge in [-0.25, -0.2) is 0 Å². The van der Waals surface area contributed by atoms with Crippen LogP contribution in [0, 0.1) is 20.8 Å². The second-order valence-corrected chi connectivity index (χ2v) is 6.05. The summed E-state index contributed by atoms with van der Waals surface area (Å²) in [5, 5.41) is 2.96. The summed E-state index contributed by atoms with van der Waals surface area (Å²) in [6, 6.07) is 4.38. The van der Waals surface area contributed by atoms with Gasteiger partial charge in [0.25, 0.3) is 0 Å². The molecule has 1 unspecified atom stereocenters. The average Bonchev–Trinajstić information content (AvgIpc) is 2.31. The highest BCUT2D eigenvalue weighted by molar-refractivity contribution is 5.85. The second kappa shape index (κ2) is 6.89. The van der Waals surface area contributed by atoms with E-state index in [1.54, 1.807) is 6.92 Å². The molecule has 0 saturated carbocycles. The molecule has 0 radical (unpaired) electrons. The number of carbonyl (C=O) groups is 1. The fourth-order valence-electron chi connectivity index (χ4n) is 2.74. The van der Waals surface area contributed by atoms with E-state index in [1.807, 2.05) is 6.92 Å². The summed E-state index contributed by atoms with van der Waals surface area (Å²) in [6.07, 6.45) is 2.48. The Bertz CT molecular complexity index is 455. The molecule has 1 rings (SSSR count). The summed E-state index contributed by atoms with van der Waals surface area (Å²) in [5.41, 5.74) is 10.5. The van der Waals surface area contributed by atoms with Crippen LogP contribution in [0.3, 0.4) is 0 Å². The Morgan fingerprint density at radius 1 is 1.25 bits per heavy atom. The number of hydrogen-bond acceptors (Lipinski definition) is 2. The lowest BCUT2D eigenvalue weighted by atomic mass is 9.95. The van der Waals surface area contributed by atoms with Gasteiger partial charge in [0.15, 0.2) is 0 Å². The highest BCUT2D eigenvalue weighted by atomic mass is 16.2. The van der Waals surface area contributed by atoms with Crippen LogP contribution in [0.15, 0.2) is 12.1 Å². The van der Waals surface area contributed by atoms with E-state index in [9.17, 15) is 4.79 Å². The quantitative estimate of drug-likeness (QED) is 0.839. The van der Waals surface area contributed by atoms with E-state index < -0.39 is 5.54 Å². The first-order valence-corrected chi connectivity index (χ1v) is 7.42. The van der Waals surface area contributed by atoms with Crippen molar-refractivity contribution in [3.8, 4) is 0 Å². The summed E-state index contributed by atoms with van der Waals surface area (Å²) in [7, 11) is 0. The van der Waals surface area contributed by atoms with Crippen LogP contribution in [0.5, 0.6) is 0 Å². The molecule has 0 spiro atoms. The molecule has 1 aromatic rings. The molecule has 1 aromatic carbocycles. The van der Waals surface area contributed by atoms with Gasteiger partial charge in [-0.1, -0.05) is 31.0 Å². The highest BCUT2D eigenvalue weighted by Crippen LogP contribution is 2.16. The summed E-state index contributed by atoms with van der Waals surface area (Å²) < 4.78 is 0. The van der Waals surface area contributed by atoms with Crippen LogP contribution >= 0.6 is 0 Å². The Morgan fingerprint density at radius 3 is 2.30 bits per heavy atom. The number of amides is 1. The largest absolute Gasteiger partial charge is 0.354 e. The monoisotopic (exact) mass is 276 g/mol. The number of hydrogen-bond donors (Lipinski definition) is 2. The van der Waals surface area contributed by atoms with E-state index in [-0.39, 0.29) is 5.91 Å². The summed E-state index contributed by atoms with van der Waals surface area (Å²) in [4.78, 5) is 12.0. The number of carbonyl (C=O) groups excluding carboxylic acids is 1. The maximum absolute atomic E-state index is 12.0. The fraction of sp³-hybridized carbons (Fsp3) is 0.588. The Hall–Kier alpha value is -1.35. The molecule has 20 heavy (non-hydrogen) atoms. The van der Waals surface area contributed by atoms with Crippen LogP contribution in [0.2, 0.25) is 0 Å². The summed E-state index contributed by atoms with van der Waals surface area (Å²) in [6.45, 7) is 10.8. The van der Waals surface area contributed by atoms with Crippen molar-refractivity contribution in [3.05, 3.63) is 34.4 Å². The maximum Gasteiger partial charge on any atom is 0.239 e. The zero-order valence-corrected chi connectivity index (χ0v) is 13.5. The van der Waals surface area contributed by atoms with Gasteiger partial charge in [-0.3, -0.25) is 4.79 Å². The van der Waals surface area contributed by atoms with Crippen molar-refractivity contribution in [2.75, 3.05) is 6.54 Å². The molecule has 0 heterocycles. The van der Waals surface area contributed by atoms with Crippen LogP contribution in [0.25, 0.3) is 0 Å². The first-order valence-electron chi connectivity index (χ1n) is 7.42. The molecule has 3 heteroatoms. The second-order valence-electron chi connectivity index (χ2n) is 6.05. The van der Waals surface area contributed by atoms with Gasteiger partial charge in [-0.2, -0.15) is 0 Å². The molecule has 0 aliphatic carbocycles. The SMILES string of the molecule is CCCC(C)(N)C(=O)NCCc1c(C)cc(C)cc1C. The van der Waals surface area contributed by atoms with Crippen molar-refractivity contribution < 1.29 is 4.79 Å². The predicted molar refractivity (Wildman–Crippen MR) is 84.9 cm³/mol.